The summed E-state index contributed by atoms with van der Waals surface area (Å²) in [6, 6.07) is 11.9. The molecule has 4 rings (SSSR count). The van der Waals surface area contributed by atoms with Gasteiger partial charge < -0.3 is 21.1 Å². The molecule has 0 saturated carbocycles. The number of ketones is 1. The second-order valence-electron chi connectivity index (χ2n) is 6.75. The van der Waals surface area contributed by atoms with Crippen molar-refractivity contribution in [2.45, 2.75) is 0 Å². The summed E-state index contributed by atoms with van der Waals surface area (Å²) < 4.78 is 1.13. The number of hydrogen-bond donors (Lipinski definition) is 4. The molecule has 166 valence electrons. The molecule has 3 heterocycles. The average Bonchev–Trinajstić information content (AvgIpc) is 3.38. The summed E-state index contributed by atoms with van der Waals surface area (Å²) in [5.74, 6) is -0.00802. The summed E-state index contributed by atoms with van der Waals surface area (Å²) >= 11 is 0. The summed E-state index contributed by atoms with van der Waals surface area (Å²) in [5, 5.41) is 18.0. The summed E-state index contributed by atoms with van der Waals surface area (Å²) in [7, 11) is 0. The van der Waals surface area contributed by atoms with Crippen LogP contribution in [0.3, 0.4) is 0 Å². The van der Waals surface area contributed by atoms with Crippen molar-refractivity contribution < 1.29 is 14.7 Å². The Bertz CT molecular complexity index is 1240. The van der Waals surface area contributed by atoms with Crippen LogP contribution in [-0.4, -0.2) is 54.5 Å². The first-order valence-corrected chi connectivity index (χ1v) is 9.98. The zero-order valence-electron chi connectivity index (χ0n) is 17.3. The van der Waals surface area contributed by atoms with E-state index >= 15 is 0 Å². The molecule has 0 fully saturated rings. The minimum atomic E-state index is -0.712. The van der Waals surface area contributed by atoms with Crippen molar-refractivity contribution in [1.29, 1.82) is 0 Å². The molecule has 0 spiro atoms. The molecule has 11 heteroatoms. The average molecular weight is 444 g/mol. The smallest absolute Gasteiger partial charge is 0.304 e. The van der Waals surface area contributed by atoms with Gasteiger partial charge in [-0.1, -0.05) is 12.1 Å². The van der Waals surface area contributed by atoms with E-state index < -0.39 is 11.7 Å². The number of aliphatic hydroxyl groups excluding tert-OH is 1. The van der Waals surface area contributed by atoms with Gasteiger partial charge in [0.05, 0.1) is 29.7 Å². The van der Waals surface area contributed by atoms with Crippen LogP contribution in [0, 0.1) is 0 Å². The van der Waals surface area contributed by atoms with Crippen LogP contribution in [0.1, 0.15) is 15.2 Å². The molecule has 4 N–H and O–H groups in total. The first kappa shape index (κ1) is 21.6. The van der Waals surface area contributed by atoms with Crippen molar-refractivity contribution in [1.82, 2.24) is 24.5 Å². The lowest BCUT2D eigenvalue weighted by atomic mass is 10.1. The van der Waals surface area contributed by atoms with Crippen molar-refractivity contribution in [3.8, 4) is 0 Å². The van der Waals surface area contributed by atoms with Gasteiger partial charge in [0, 0.05) is 25.1 Å². The lowest BCUT2D eigenvalue weighted by molar-refractivity contribution is 0.0765. The van der Waals surface area contributed by atoms with Crippen LogP contribution < -0.4 is 16.0 Å². The highest BCUT2D eigenvalue weighted by Crippen LogP contribution is 2.22. The third-order valence-corrected chi connectivity index (χ3v) is 4.46. The largest absolute Gasteiger partial charge is 0.395 e. The van der Waals surface area contributed by atoms with Gasteiger partial charge in [-0.05, 0) is 30.3 Å². The topological polar surface area (TPSA) is 147 Å². The molecular weight excluding hydrogens is 424 g/mol. The van der Waals surface area contributed by atoms with Crippen LogP contribution in [0.25, 0.3) is 0 Å². The molecule has 0 aliphatic heterocycles. The van der Waals surface area contributed by atoms with Gasteiger partial charge in [0.25, 0.3) is 5.78 Å². The first-order valence-electron chi connectivity index (χ1n) is 9.98. The van der Waals surface area contributed by atoms with Crippen molar-refractivity contribution in [3.63, 3.8) is 0 Å². The van der Waals surface area contributed by atoms with E-state index in [1.54, 1.807) is 54.9 Å². The number of hydrogen-bond acceptors (Lipinski definition) is 10. The van der Waals surface area contributed by atoms with Crippen LogP contribution in [0.4, 0.5) is 29.0 Å². The van der Waals surface area contributed by atoms with E-state index in [0.717, 1.165) is 4.57 Å². The molecular formula is C22H20N8O3. The molecule has 11 nitrogen and oxygen atoms in total. The molecule has 0 unspecified atom stereocenters. The SMILES string of the molecule is O=C(C(=O)n1ccnc1)c1ccccc1Nc1ccnc(Nc2ccc(NCCO)nc2)n1. The Kier molecular flexibility index (Phi) is 6.61. The predicted octanol–water partition coefficient (Wildman–Crippen LogP) is 2.48. The van der Waals surface area contributed by atoms with Gasteiger partial charge in [0.2, 0.25) is 5.95 Å². The number of carbonyl (C=O) groups excluding carboxylic acids is 2. The molecule has 0 aliphatic rings. The molecule has 0 atom stereocenters. The van der Waals surface area contributed by atoms with Crippen LogP contribution >= 0.6 is 0 Å². The Labute approximate surface area is 188 Å². The Morgan fingerprint density at radius 2 is 1.85 bits per heavy atom. The highest BCUT2D eigenvalue weighted by molar-refractivity contribution is 6.44. The van der Waals surface area contributed by atoms with E-state index in [1.807, 2.05) is 0 Å². The molecule has 0 radical (unpaired) electrons. The quantitative estimate of drug-likeness (QED) is 0.224. The summed E-state index contributed by atoms with van der Waals surface area (Å²) in [6.45, 7) is 0.427. The van der Waals surface area contributed by atoms with Crippen LogP contribution in [-0.2, 0) is 0 Å². The van der Waals surface area contributed by atoms with Crippen molar-refractivity contribution in [2.75, 3.05) is 29.1 Å². The fraction of sp³-hybridized carbons (Fsp3) is 0.0909. The van der Waals surface area contributed by atoms with Crippen LogP contribution in [0.15, 0.2) is 73.6 Å². The molecule has 0 saturated heterocycles. The number of aromatic nitrogens is 5. The Balaban J connectivity index is 1.49. The zero-order chi connectivity index (χ0) is 23.0. The molecule has 3 aromatic heterocycles. The maximum Gasteiger partial charge on any atom is 0.304 e. The number of nitrogens with one attached hydrogen (secondary N) is 3. The third-order valence-electron chi connectivity index (χ3n) is 4.46. The van der Waals surface area contributed by atoms with Crippen LogP contribution in [0.2, 0.25) is 0 Å². The first-order chi connectivity index (χ1) is 16.1. The maximum absolute atomic E-state index is 12.7. The lowest BCUT2D eigenvalue weighted by Gasteiger charge is -2.12. The number of nitrogens with zero attached hydrogens (tertiary/aromatic N) is 5. The maximum atomic E-state index is 12.7. The van der Waals surface area contributed by atoms with Gasteiger partial charge in [0.15, 0.2) is 0 Å². The summed E-state index contributed by atoms with van der Waals surface area (Å²) in [6.07, 6.45) is 7.30. The second kappa shape index (κ2) is 10.1. The number of pyridine rings is 1. The lowest BCUT2D eigenvalue weighted by Crippen LogP contribution is -2.21. The summed E-state index contributed by atoms with van der Waals surface area (Å²) in [4.78, 5) is 41.8. The van der Waals surface area contributed by atoms with E-state index in [-0.39, 0.29) is 12.2 Å². The standard InChI is InChI=1S/C22H20N8O3/c31-12-10-24-18-6-5-15(13-26-18)27-22-25-8-7-19(29-22)28-17-4-2-1-3-16(17)20(32)21(33)30-11-9-23-14-30/h1-9,11,13-14,31H,10,12H2,(H,24,26)(H2,25,27,28,29). The Hall–Kier alpha value is -4.64. The number of imidazole rings is 1. The van der Waals surface area contributed by atoms with E-state index in [0.29, 0.717) is 35.5 Å². The number of Topliss-reactive ketones (excluding diaryl/α,β-unsaturated/α-hetero) is 1. The molecule has 0 bridgehead atoms. The molecule has 0 amide bonds. The van der Waals surface area contributed by atoms with Gasteiger partial charge in [0.1, 0.15) is 18.0 Å². The van der Waals surface area contributed by atoms with Gasteiger partial charge in [-0.2, -0.15) is 4.98 Å². The van der Waals surface area contributed by atoms with E-state index in [2.05, 4.69) is 35.9 Å². The molecule has 33 heavy (non-hydrogen) atoms. The van der Waals surface area contributed by atoms with E-state index in [4.69, 9.17) is 5.11 Å². The second-order valence-corrected chi connectivity index (χ2v) is 6.75. The van der Waals surface area contributed by atoms with Gasteiger partial charge in [-0.3, -0.25) is 14.2 Å². The van der Waals surface area contributed by atoms with E-state index in [9.17, 15) is 9.59 Å². The monoisotopic (exact) mass is 444 g/mol. The molecule has 4 aromatic rings. The molecule has 0 aliphatic carbocycles. The number of anilines is 5. The van der Waals surface area contributed by atoms with Gasteiger partial charge in [-0.15, -0.1) is 0 Å². The highest BCUT2D eigenvalue weighted by Gasteiger charge is 2.21. The van der Waals surface area contributed by atoms with Crippen molar-refractivity contribution in [2.24, 2.45) is 0 Å². The minimum absolute atomic E-state index is 0.0156. The Morgan fingerprint density at radius 1 is 0.970 bits per heavy atom. The summed E-state index contributed by atoms with van der Waals surface area (Å²) in [5.41, 5.74) is 1.31. The number of carbonyl (C=O) groups is 2. The van der Waals surface area contributed by atoms with E-state index in [1.165, 1.54) is 18.7 Å². The van der Waals surface area contributed by atoms with Crippen molar-refractivity contribution >= 4 is 40.6 Å². The van der Waals surface area contributed by atoms with Crippen LogP contribution in [0.5, 0.6) is 0 Å². The number of rotatable bonds is 9. The zero-order valence-corrected chi connectivity index (χ0v) is 17.3. The number of aliphatic hydroxyl groups is 1. The minimum Gasteiger partial charge on any atom is -0.395 e. The number of benzene rings is 1. The van der Waals surface area contributed by atoms with Crippen molar-refractivity contribution in [3.05, 3.63) is 79.1 Å². The van der Waals surface area contributed by atoms with Gasteiger partial charge in [-0.25, -0.2) is 15.0 Å². The fourth-order valence-corrected chi connectivity index (χ4v) is 2.91. The fourth-order valence-electron chi connectivity index (χ4n) is 2.91. The van der Waals surface area contributed by atoms with Gasteiger partial charge >= 0.3 is 5.91 Å². The predicted molar refractivity (Wildman–Crippen MR) is 122 cm³/mol. The molecule has 1 aromatic carbocycles. The normalized spacial score (nSPS) is 10.5. The highest BCUT2D eigenvalue weighted by atomic mass is 16.3. The Morgan fingerprint density at radius 3 is 2.61 bits per heavy atom. The number of para-hydroxylation sites is 1. The third kappa shape index (κ3) is 5.35.